The van der Waals surface area contributed by atoms with Crippen molar-refractivity contribution >= 4 is 15.9 Å². The topological polar surface area (TPSA) is 44.5 Å². The van der Waals surface area contributed by atoms with Gasteiger partial charge in [-0.2, -0.15) is 0 Å². The van der Waals surface area contributed by atoms with Gasteiger partial charge in [-0.3, -0.25) is 0 Å². The van der Waals surface area contributed by atoms with Crippen molar-refractivity contribution in [3.05, 3.63) is 34.8 Å². The van der Waals surface area contributed by atoms with Gasteiger partial charge >= 0.3 is 0 Å². The summed E-state index contributed by atoms with van der Waals surface area (Å²) in [4.78, 5) is 0. The van der Waals surface area contributed by atoms with Crippen LogP contribution in [0.2, 0.25) is 0 Å². The molecule has 0 bridgehead atoms. The van der Waals surface area contributed by atoms with Crippen LogP contribution in [0.25, 0.3) is 0 Å². The first-order valence-corrected chi connectivity index (χ1v) is 5.23. The Morgan fingerprint density at radius 1 is 1.33 bits per heavy atom. The van der Waals surface area contributed by atoms with Gasteiger partial charge in [0, 0.05) is 6.04 Å². The highest BCUT2D eigenvalue weighted by Gasteiger charge is 2.12. The molecule has 0 unspecified atom stereocenters. The van der Waals surface area contributed by atoms with E-state index in [-0.39, 0.29) is 6.04 Å². The van der Waals surface area contributed by atoms with Gasteiger partial charge in [0.05, 0.1) is 14.2 Å². The number of halogens is 1. The normalized spacial score (nSPS) is 12.0. The number of hydrogen-bond acceptors (Lipinski definition) is 3. The van der Waals surface area contributed by atoms with Gasteiger partial charge in [0.1, 0.15) is 16.0 Å². The summed E-state index contributed by atoms with van der Waals surface area (Å²) in [6.45, 7) is 3.65. The number of methoxy groups -OCH3 is 2. The largest absolute Gasteiger partial charge is 0.495 e. The molecule has 1 aromatic carbocycles. The molecule has 0 saturated heterocycles. The highest BCUT2D eigenvalue weighted by Crippen LogP contribution is 2.36. The number of hydrogen-bond donors (Lipinski definition) is 1. The van der Waals surface area contributed by atoms with E-state index in [9.17, 15) is 0 Å². The van der Waals surface area contributed by atoms with Crippen LogP contribution in [0.3, 0.4) is 0 Å². The fourth-order valence-corrected chi connectivity index (χ4v) is 1.77. The van der Waals surface area contributed by atoms with Crippen LogP contribution < -0.4 is 15.2 Å². The van der Waals surface area contributed by atoms with Gasteiger partial charge < -0.3 is 15.2 Å². The summed E-state index contributed by atoms with van der Waals surface area (Å²) in [6, 6.07) is 3.50. The van der Waals surface area contributed by atoms with Crippen LogP contribution in [0, 0.1) is 0 Å². The lowest BCUT2D eigenvalue weighted by molar-refractivity contribution is 0.388. The van der Waals surface area contributed by atoms with Crippen molar-refractivity contribution in [2.45, 2.75) is 6.04 Å². The third-order valence-corrected chi connectivity index (χ3v) is 2.89. The summed E-state index contributed by atoms with van der Waals surface area (Å²) in [5, 5.41) is 0. The van der Waals surface area contributed by atoms with Crippen molar-refractivity contribution < 1.29 is 9.47 Å². The number of benzene rings is 1. The van der Waals surface area contributed by atoms with E-state index in [4.69, 9.17) is 15.2 Å². The van der Waals surface area contributed by atoms with E-state index < -0.39 is 0 Å². The molecular weight excluding hydrogens is 258 g/mol. The molecule has 0 aliphatic heterocycles. The van der Waals surface area contributed by atoms with E-state index in [1.54, 1.807) is 20.3 Å². The smallest absolute Gasteiger partial charge is 0.137 e. The zero-order chi connectivity index (χ0) is 11.4. The molecule has 15 heavy (non-hydrogen) atoms. The molecule has 0 aliphatic rings. The molecule has 0 saturated carbocycles. The highest BCUT2D eigenvalue weighted by atomic mass is 79.9. The van der Waals surface area contributed by atoms with Crippen molar-refractivity contribution in [2.24, 2.45) is 5.73 Å². The van der Waals surface area contributed by atoms with Crippen LogP contribution in [0.15, 0.2) is 29.3 Å². The minimum atomic E-state index is -0.221. The SMILES string of the molecule is C=C[C@H](N)c1cc(OC)c(Br)c(OC)c1. The average Bonchev–Trinajstić information content (AvgIpc) is 2.28. The van der Waals surface area contributed by atoms with Crippen LogP contribution in [0.1, 0.15) is 11.6 Å². The van der Waals surface area contributed by atoms with Crippen molar-refractivity contribution in [2.75, 3.05) is 14.2 Å². The quantitative estimate of drug-likeness (QED) is 0.857. The molecule has 0 amide bonds. The zero-order valence-electron chi connectivity index (χ0n) is 8.79. The van der Waals surface area contributed by atoms with E-state index in [0.717, 1.165) is 10.0 Å². The molecule has 1 aromatic rings. The second kappa shape index (κ2) is 5.19. The van der Waals surface area contributed by atoms with E-state index >= 15 is 0 Å². The molecule has 2 N–H and O–H groups in total. The minimum absolute atomic E-state index is 0.221. The number of ether oxygens (including phenoxy) is 2. The monoisotopic (exact) mass is 271 g/mol. The van der Waals surface area contributed by atoms with Gasteiger partial charge in [0.15, 0.2) is 0 Å². The van der Waals surface area contributed by atoms with E-state index in [1.807, 2.05) is 12.1 Å². The molecule has 0 spiro atoms. The van der Waals surface area contributed by atoms with Crippen molar-refractivity contribution in [3.63, 3.8) is 0 Å². The zero-order valence-corrected chi connectivity index (χ0v) is 10.4. The summed E-state index contributed by atoms with van der Waals surface area (Å²) in [7, 11) is 3.20. The maximum absolute atomic E-state index is 5.85. The first kappa shape index (κ1) is 12.1. The second-order valence-electron chi connectivity index (χ2n) is 3.00. The van der Waals surface area contributed by atoms with E-state index in [2.05, 4.69) is 22.5 Å². The first-order valence-electron chi connectivity index (χ1n) is 4.43. The van der Waals surface area contributed by atoms with Crippen LogP contribution >= 0.6 is 15.9 Å². The summed E-state index contributed by atoms with van der Waals surface area (Å²) in [5.74, 6) is 1.39. The summed E-state index contributed by atoms with van der Waals surface area (Å²) in [5.41, 5.74) is 6.75. The molecule has 0 aromatic heterocycles. The molecule has 82 valence electrons. The molecule has 0 fully saturated rings. The lowest BCUT2D eigenvalue weighted by atomic mass is 10.1. The molecule has 1 atom stereocenters. The van der Waals surface area contributed by atoms with Crippen LogP contribution in [0.4, 0.5) is 0 Å². The van der Waals surface area contributed by atoms with Crippen molar-refractivity contribution in [3.8, 4) is 11.5 Å². The Balaban J connectivity index is 3.26. The van der Waals surface area contributed by atoms with Gasteiger partial charge in [0.25, 0.3) is 0 Å². The molecule has 0 heterocycles. The second-order valence-corrected chi connectivity index (χ2v) is 3.79. The van der Waals surface area contributed by atoms with E-state index in [1.165, 1.54) is 0 Å². The third kappa shape index (κ3) is 2.52. The Morgan fingerprint density at radius 3 is 2.13 bits per heavy atom. The predicted molar refractivity (Wildman–Crippen MR) is 64.4 cm³/mol. The van der Waals surface area contributed by atoms with Crippen LogP contribution in [0.5, 0.6) is 11.5 Å². The molecule has 1 rings (SSSR count). The Labute approximate surface area is 98.0 Å². The lowest BCUT2D eigenvalue weighted by Gasteiger charge is -2.13. The van der Waals surface area contributed by atoms with E-state index in [0.29, 0.717) is 11.5 Å². The fourth-order valence-electron chi connectivity index (χ4n) is 1.22. The van der Waals surface area contributed by atoms with Gasteiger partial charge in [0.2, 0.25) is 0 Å². The Bertz CT molecular complexity index is 341. The predicted octanol–water partition coefficient (Wildman–Crippen LogP) is 2.65. The molecule has 0 radical (unpaired) electrons. The maximum Gasteiger partial charge on any atom is 0.137 e. The molecule has 0 aliphatic carbocycles. The fraction of sp³-hybridized carbons (Fsp3) is 0.273. The van der Waals surface area contributed by atoms with Gasteiger partial charge in [-0.1, -0.05) is 6.08 Å². The Morgan fingerprint density at radius 2 is 1.80 bits per heavy atom. The third-order valence-electron chi connectivity index (χ3n) is 2.11. The molecular formula is C11H14BrNO2. The standard InChI is InChI=1S/C11H14BrNO2/c1-4-8(13)7-5-9(14-2)11(12)10(6-7)15-3/h4-6,8H,1,13H2,2-3H3/t8-/m0/s1. The van der Waals surface area contributed by atoms with Gasteiger partial charge in [-0.15, -0.1) is 6.58 Å². The molecule has 4 heteroatoms. The van der Waals surface area contributed by atoms with Crippen molar-refractivity contribution in [1.29, 1.82) is 0 Å². The lowest BCUT2D eigenvalue weighted by Crippen LogP contribution is -2.07. The van der Waals surface area contributed by atoms with Crippen LogP contribution in [-0.4, -0.2) is 14.2 Å². The van der Waals surface area contributed by atoms with Crippen molar-refractivity contribution in [1.82, 2.24) is 0 Å². The molecule has 3 nitrogen and oxygen atoms in total. The van der Waals surface area contributed by atoms with Gasteiger partial charge in [-0.05, 0) is 33.6 Å². The first-order chi connectivity index (χ1) is 7.13. The maximum atomic E-state index is 5.85. The average molecular weight is 272 g/mol. The number of nitrogens with two attached hydrogens (primary N) is 1. The Kier molecular flexibility index (Phi) is 4.17. The minimum Gasteiger partial charge on any atom is -0.495 e. The Hall–Kier alpha value is -1.00. The highest BCUT2D eigenvalue weighted by molar-refractivity contribution is 9.10. The van der Waals surface area contributed by atoms with Gasteiger partial charge in [-0.25, -0.2) is 0 Å². The summed E-state index contributed by atoms with van der Waals surface area (Å²) >= 11 is 3.39. The summed E-state index contributed by atoms with van der Waals surface area (Å²) < 4.78 is 11.2. The number of rotatable bonds is 4. The summed E-state index contributed by atoms with van der Waals surface area (Å²) in [6.07, 6.45) is 1.67. The van der Waals surface area contributed by atoms with Crippen LogP contribution in [-0.2, 0) is 0 Å².